The standard InChI is InChI=1S/C15H15NO3S/c17-20(18,14-7-2-1-3-8-14)16-13-10-12-6-4-5-9-15(12)19-11-13/h1-9,13,16H,10-11H2. The summed E-state index contributed by atoms with van der Waals surface area (Å²) >= 11 is 0. The number of benzene rings is 2. The molecule has 0 radical (unpaired) electrons. The minimum absolute atomic E-state index is 0.241. The monoisotopic (exact) mass is 289 g/mol. The van der Waals surface area contributed by atoms with E-state index in [0.29, 0.717) is 13.0 Å². The molecule has 3 rings (SSSR count). The minimum atomic E-state index is -3.49. The van der Waals surface area contributed by atoms with Crippen LogP contribution in [0.3, 0.4) is 0 Å². The van der Waals surface area contributed by atoms with E-state index >= 15 is 0 Å². The van der Waals surface area contributed by atoms with Crippen LogP contribution in [0.2, 0.25) is 0 Å². The van der Waals surface area contributed by atoms with Crippen molar-refractivity contribution in [3.8, 4) is 5.75 Å². The molecule has 104 valence electrons. The molecule has 0 saturated carbocycles. The second-order valence-corrected chi connectivity index (χ2v) is 6.47. The van der Waals surface area contributed by atoms with Crippen LogP contribution >= 0.6 is 0 Å². The van der Waals surface area contributed by atoms with Crippen molar-refractivity contribution in [3.05, 3.63) is 60.2 Å². The molecule has 2 aromatic rings. The molecule has 1 aliphatic rings. The van der Waals surface area contributed by atoms with E-state index in [1.54, 1.807) is 30.3 Å². The summed E-state index contributed by atoms with van der Waals surface area (Å²) in [6, 6.07) is 15.8. The zero-order valence-electron chi connectivity index (χ0n) is 10.8. The molecule has 2 aromatic carbocycles. The molecule has 0 amide bonds. The van der Waals surface area contributed by atoms with Crippen LogP contribution in [0.15, 0.2) is 59.5 Å². The predicted octanol–water partition coefficient (Wildman–Crippen LogP) is 1.97. The molecule has 20 heavy (non-hydrogen) atoms. The Labute approximate surface area is 118 Å². The highest BCUT2D eigenvalue weighted by molar-refractivity contribution is 7.89. The zero-order chi connectivity index (χ0) is 14.0. The first-order valence-corrected chi connectivity index (χ1v) is 7.91. The molecule has 5 heteroatoms. The van der Waals surface area contributed by atoms with Gasteiger partial charge < -0.3 is 4.74 Å². The molecular weight excluding hydrogens is 274 g/mol. The highest BCUT2D eigenvalue weighted by atomic mass is 32.2. The van der Waals surface area contributed by atoms with E-state index in [0.717, 1.165) is 11.3 Å². The van der Waals surface area contributed by atoms with Crippen molar-refractivity contribution in [2.75, 3.05) is 6.61 Å². The first-order valence-electron chi connectivity index (χ1n) is 6.43. The molecule has 1 atom stereocenters. The van der Waals surface area contributed by atoms with Gasteiger partial charge in [-0.05, 0) is 30.2 Å². The average Bonchev–Trinajstić information content (AvgIpc) is 2.48. The molecule has 0 aromatic heterocycles. The van der Waals surface area contributed by atoms with Crippen molar-refractivity contribution in [2.45, 2.75) is 17.4 Å². The molecule has 0 spiro atoms. The maximum absolute atomic E-state index is 12.2. The van der Waals surface area contributed by atoms with E-state index in [1.807, 2.05) is 24.3 Å². The summed E-state index contributed by atoms with van der Waals surface area (Å²) in [7, 11) is -3.49. The maximum atomic E-state index is 12.2. The Hall–Kier alpha value is -1.85. The number of nitrogens with one attached hydrogen (secondary N) is 1. The molecule has 0 aliphatic carbocycles. The van der Waals surface area contributed by atoms with Crippen LogP contribution in [0.4, 0.5) is 0 Å². The minimum Gasteiger partial charge on any atom is -0.492 e. The lowest BCUT2D eigenvalue weighted by Crippen LogP contribution is -2.42. The normalized spacial score (nSPS) is 18.1. The topological polar surface area (TPSA) is 55.4 Å². The van der Waals surface area contributed by atoms with Gasteiger partial charge in [-0.2, -0.15) is 0 Å². The number of ether oxygens (including phenoxy) is 1. The van der Waals surface area contributed by atoms with Crippen molar-refractivity contribution < 1.29 is 13.2 Å². The second kappa shape index (κ2) is 5.26. The van der Waals surface area contributed by atoms with Gasteiger partial charge in [0.1, 0.15) is 12.4 Å². The van der Waals surface area contributed by atoms with Crippen LogP contribution in [-0.2, 0) is 16.4 Å². The van der Waals surface area contributed by atoms with Crippen LogP contribution in [0, 0.1) is 0 Å². The average molecular weight is 289 g/mol. The van der Waals surface area contributed by atoms with Crippen LogP contribution in [0.5, 0.6) is 5.75 Å². The fourth-order valence-corrected chi connectivity index (χ4v) is 3.53. The van der Waals surface area contributed by atoms with Gasteiger partial charge in [0.25, 0.3) is 0 Å². The lowest BCUT2D eigenvalue weighted by Gasteiger charge is -2.25. The van der Waals surface area contributed by atoms with Crippen molar-refractivity contribution in [3.63, 3.8) is 0 Å². The Bertz CT molecular complexity index is 698. The fraction of sp³-hybridized carbons (Fsp3) is 0.200. The summed E-state index contributed by atoms with van der Waals surface area (Å²) in [4.78, 5) is 0.277. The second-order valence-electron chi connectivity index (χ2n) is 4.75. The third kappa shape index (κ3) is 2.69. The lowest BCUT2D eigenvalue weighted by atomic mass is 10.0. The van der Waals surface area contributed by atoms with Crippen LogP contribution < -0.4 is 9.46 Å². The molecule has 0 bridgehead atoms. The van der Waals surface area contributed by atoms with Gasteiger partial charge in [-0.25, -0.2) is 13.1 Å². The Morgan fingerprint density at radius 1 is 1.00 bits per heavy atom. The van der Waals surface area contributed by atoms with Crippen LogP contribution in [-0.4, -0.2) is 21.1 Å². The molecule has 1 N–H and O–H groups in total. The van der Waals surface area contributed by atoms with Gasteiger partial charge in [0.15, 0.2) is 0 Å². The number of fused-ring (bicyclic) bond motifs is 1. The smallest absolute Gasteiger partial charge is 0.240 e. The fourth-order valence-electron chi connectivity index (χ4n) is 2.29. The lowest BCUT2D eigenvalue weighted by molar-refractivity contribution is 0.254. The Balaban J connectivity index is 1.77. The van der Waals surface area contributed by atoms with Gasteiger partial charge >= 0.3 is 0 Å². The summed E-state index contributed by atoms with van der Waals surface area (Å²) < 4.78 is 32.8. The summed E-state index contributed by atoms with van der Waals surface area (Å²) in [5.74, 6) is 0.836. The van der Waals surface area contributed by atoms with Crippen molar-refractivity contribution in [1.82, 2.24) is 4.72 Å². The third-order valence-corrected chi connectivity index (χ3v) is 4.79. The van der Waals surface area contributed by atoms with Crippen LogP contribution in [0.1, 0.15) is 5.56 Å². The van der Waals surface area contributed by atoms with Gasteiger partial charge in [0.05, 0.1) is 10.9 Å². The molecule has 0 fully saturated rings. The van der Waals surface area contributed by atoms with E-state index in [-0.39, 0.29) is 10.9 Å². The van der Waals surface area contributed by atoms with Gasteiger partial charge in [-0.15, -0.1) is 0 Å². The van der Waals surface area contributed by atoms with Crippen molar-refractivity contribution in [2.24, 2.45) is 0 Å². The molecule has 1 unspecified atom stereocenters. The Morgan fingerprint density at radius 2 is 1.70 bits per heavy atom. The van der Waals surface area contributed by atoms with E-state index in [9.17, 15) is 8.42 Å². The van der Waals surface area contributed by atoms with E-state index in [4.69, 9.17) is 4.74 Å². The summed E-state index contributed by atoms with van der Waals surface area (Å²) in [5, 5.41) is 0. The maximum Gasteiger partial charge on any atom is 0.240 e. The zero-order valence-corrected chi connectivity index (χ0v) is 11.6. The Kier molecular flexibility index (Phi) is 3.46. The highest BCUT2D eigenvalue weighted by Crippen LogP contribution is 2.24. The first kappa shape index (κ1) is 13.1. The Morgan fingerprint density at radius 3 is 2.50 bits per heavy atom. The number of para-hydroxylation sites is 1. The van der Waals surface area contributed by atoms with Crippen LogP contribution in [0.25, 0.3) is 0 Å². The van der Waals surface area contributed by atoms with E-state index in [2.05, 4.69) is 4.72 Å². The number of hydrogen-bond acceptors (Lipinski definition) is 3. The SMILES string of the molecule is O=S(=O)(NC1COc2ccccc2C1)c1ccccc1. The number of sulfonamides is 1. The van der Waals surface area contributed by atoms with Gasteiger partial charge in [-0.1, -0.05) is 36.4 Å². The third-order valence-electron chi connectivity index (χ3n) is 3.25. The molecule has 4 nitrogen and oxygen atoms in total. The number of hydrogen-bond donors (Lipinski definition) is 1. The predicted molar refractivity (Wildman–Crippen MR) is 76.2 cm³/mol. The van der Waals surface area contributed by atoms with Crippen molar-refractivity contribution >= 4 is 10.0 Å². The largest absolute Gasteiger partial charge is 0.492 e. The summed E-state index contributed by atoms with van der Waals surface area (Å²) in [5.41, 5.74) is 1.03. The molecule has 0 saturated heterocycles. The summed E-state index contributed by atoms with van der Waals surface area (Å²) in [6.07, 6.45) is 0.641. The quantitative estimate of drug-likeness (QED) is 0.940. The first-order chi connectivity index (χ1) is 9.65. The molecular formula is C15H15NO3S. The van der Waals surface area contributed by atoms with Gasteiger partial charge in [0.2, 0.25) is 10.0 Å². The molecule has 1 heterocycles. The molecule has 1 aliphatic heterocycles. The number of rotatable bonds is 3. The summed E-state index contributed by atoms with van der Waals surface area (Å²) in [6.45, 7) is 0.350. The van der Waals surface area contributed by atoms with Gasteiger partial charge in [0, 0.05) is 0 Å². The van der Waals surface area contributed by atoms with Gasteiger partial charge in [-0.3, -0.25) is 0 Å². The van der Waals surface area contributed by atoms with E-state index in [1.165, 1.54) is 0 Å². The van der Waals surface area contributed by atoms with Crippen molar-refractivity contribution in [1.29, 1.82) is 0 Å². The van der Waals surface area contributed by atoms with E-state index < -0.39 is 10.0 Å². The highest BCUT2D eigenvalue weighted by Gasteiger charge is 2.24.